The number of hydrogen-bond donors (Lipinski definition) is 1. The third-order valence-electron chi connectivity index (χ3n) is 3.97. The SMILES string of the molecule is CCOC1CCN(CCC(N)c2cccc(F)c2)CC1. The zero-order valence-corrected chi connectivity index (χ0v) is 12.2. The van der Waals surface area contributed by atoms with Crippen molar-refractivity contribution in [2.75, 3.05) is 26.2 Å². The van der Waals surface area contributed by atoms with Gasteiger partial charge in [0.05, 0.1) is 6.10 Å². The summed E-state index contributed by atoms with van der Waals surface area (Å²) in [5.41, 5.74) is 7.02. The van der Waals surface area contributed by atoms with Crippen molar-refractivity contribution in [2.45, 2.75) is 38.3 Å². The molecule has 20 heavy (non-hydrogen) atoms. The van der Waals surface area contributed by atoms with E-state index >= 15 is 0 Å². The summed E-state index contributed by atoms with van der Waals surface area (Å²) in [6, 6.07) is 6.52. The number of nitrogens with zero attached hydrogens (tertiary/aromatic N) is 1. The molecule has 2 N–H and O–H groups in total. The van der Waals surface area contributed by atoms with Crippen molar-refractivity contribution in [2.24, 2.45) is 5.73 Å². The largest absolute Gasteiger partial charge is 0.378 e. The van der Waals surface area contributed by atoms with E-state index in [1.54, 1.807) is 6.07 Å². The Morgan fingerprint density at radius 3 is 2.80 bits per heavy atom. The molecule has 1 aromatic carbocycles. The van der Waals surface area contributed by atoms with Crippen LogP contribution in [0.4, 0.5) is 4.39 Å². The zero-order valence-electron chi connectivity index (χ0n) is 12.2. The molecular formula is C16H25FN2O. The number of benzene rings is 1. The number of piperidine rings is 1. The van der Waals surface area contributed by atoms with Gasteiger partial charge in [-0.05, 0) is 50.4 Å². The molecule has 4 heteroatoms. The molecule has 1 aliphatic heterocycles. The molecule has 1 heterocycles. The van der Waals surface area contributed by atoms with Gasteiger partial charge >= 0.3 is 0 Å². The maximum atomic E-state index is 13.2. The molecule has 0 radical (unpaired) electrons. The first kappa shape index (κ1) is 15.4. The quantitative estimate of drug-likeness (QED) is 0.870. The van der Waals surface area contributed by atoms with E-state index in [9.17, 15) is 4.39 Å². The Bertz CT molecular complexity index is 405. The van der Waals surface area contributed by atoms with E-state index in [0.717, 1.165) is 51.1 Å². The highest BCUT2D eigenvalue weighted by Gasteiger charge is 2.19. The molecule has 112 valence electrons. The molecule has 1 atom stereocenters. The van der Waals surface area contributed by atoms with Gasteiger partial charge in [-0.3, -0.25) is 0 Å². The lowest BCUT2D eigenvalue weighted by atomic mass is 10.0. The summed E-state index contributed by atoms with van der Waals surface area (Å²) >= 11 is 0. The summed E-state index contributed by atoms with van der Waals surface area (Å²) < 4.78 is 18.8. The van der Waals surface area contributed by atoms with Crippen molar-refractivity contribution in [1.29, 1.82) is 0 Å². The van der Waals surface area contributed by atoms with Crippen molar-refractivity contribution >= 4 is 0 Å². The predicted molar refractivity (Wildman–Crippen MR) is 79.0 cm³/mol. The Labute approximate surface area is 120 Å². The fourth-order valence-electron chi connectivity index (χ4n) is 2.76. The van der Waals surface area contributed by atoms with Crippen molar-refractivity contribution < 1.29 is 9.13 Å². The number of halogens is 1. The van der Waals surface area contributed by atoms with Crippen LogP contribution in [0.5, 0.6) is 0 Å². The summed E-state index contributed by atoms with van der Waals surface area (Å²) in [5.74, 6) is -0.213. The predicted octanol–water partition coefficient (Wildman–Crippen LogP) is 2.72. The molecule has 0 aromatic heterocycles. The molecule has 0 saturated carbocycles. The molecule has 0 spiro atoms. The van der Waals surface area contributed by atoms with Crippen LogP contribution in [0.2, 0.25) is 0 Å². The smallest absolute Gasteiger partial charge is 0.123 e. The first-order valence-electron chi connectivity index (χ1n) is 7.54. The fraction of sp³-hybridized carbons (Fsp3) is 0.625. The molecule has 0 amide bonds. The Morgan fingerprint density at radius 1 is 1.40 bits per heavy atom. The van der Waals surface area contributed by atoms with Crippen LogP contribution >= 0.6 is 0 Å². The highest BCUT2D eigenvalue weighted by atomic mass is 19.1. The maximum absolute atomic E-state index is 13.2. The molecule has 1 saturated heterocycles. The second-order valence-corrected chi connectivity index (χ2v) is 5.45. The first-order chi connectivity index (χ1) is 9.69. The van der Waals surface area contributed by atoms with Crippen LogP contribution in [-0.4, -0.2) is 37.2 Å². The summed E-state index contributed by atoms with van der Waals surface area (Å²) in [5, 5.41) is 0. The van der Waals surface area contributed by atoms with E-state index in [2.05, 4.69) is 4.90 Å². The van der Waals surface area contributed by atoms with Crippen LogP contribution in [0.25, 0.3) is 0 Å². The fourth-order valence-corrected chi connectivity index (χ4v) is 2.76. The van der Waals surface area contributed by atoms with Crippen LogP contribution in [-0.2, 0) is 4.74 Å². The average Bonchev–Trinajstić information content (AvgIpc) is 2.46. The molecule has 1 fully saturated rings. The monoisotopic (exact) mass is 280 g/mol. The molecule has 1 aliphatic rings. The van der Waals surface area contributed by atoms with Gasteiger partial charge in [0.15, 0.2) is 0 Å². The average molecular weight is 280 g/mol. The topological polar surface area (TPSA) is 38.5 Å². The minimum absolute atomic E-state index is 0.0877. The minimum atomic E-state index is -0.213. The van der Waals surface area contributed by atoms with Crippen LogP contribution < -0.4 is 5.73 Å². The van der Waals surface area contributed by atoms with Gasteiger partial charge in [0.25, 0.3) is 0 Å². The van der Waals surface area contributed by atoms with Gasteiger partial charge < -0.3 is 15.4 Å². The third-order valence-corrected chi connectivity index (χ3v) is 3.97. The number of nitrogens with two attached hydrogens (primary N) is 1. The molecule has 2 rings (SSSR count). The van der Waals surface area contributed by atoms with Gasteiger partial charge in [0.1, 0.15) is 5.82 Å². The van der Waals surface area contributed by atoms with E-state index in [0.29, 0.717) is 6.10 Å². The number of ether oxygens (including phenoxy) is 1. The lowest BCUT2D eigenvalue weighted by Gasteiger charge is -2.32. The van der Waals surface area contributed by atoms with E-state index < -0.39 is 0 Å². The maximum Gasteiger partial charge on any atom is 0.123 e. The normalized spacial score (nSPS) is 19.1. The van der Waals surface area contributed by atoms with Crippen molar-refractivity contribution in [1.82, 2.24) is 4.90 Å². The van der Waals surface area contributed by atoms with Crippen LogP contribution in [0, 0.1) is 5.82 Å². The van der Waals surface area contributed by atoms with Crippen molar-refractivity contribution in [3.8, 4) is 0 Å². The van der Waals surface area contributed by atoms with E-state index in [-0.39, 0.29) is 11.9 Å². The highest BCUT2D eigenvalue weighted by Crippen LogP contribution is 2.18. The summed E-state index contributed by atoms with van der Waals surface area (Å²) in [7, 11) is 0. The summed E-state index contributed by atoms with van der Waals surface area (Å²) in [6.07, 6.45) is 3.49. The molecule has 0 bridgehead atoms. The lowest BCUT2D eigenvalue weighted by molar-refractivity contribution is 0.0138. The molecular weight excluding hydrogens is 255 g/mol. The Hall–Kier alpha value is -0.970. The number of hydrogen-bond acceptors (Lipinski definition) is 3. The Kier molecular flexibility index (Phi) is 5.95. The highest BCUT2D eigenvalue weighted by molar-refractivity contribution is 5.19. The van der Waals surface area contributed by atoms with Crippen LogP contribution in [0.15, 0.2) is 24.3 Å². The van der Waals surface area contributed by atoms with Crippen molar-refractivity contribution in [3.63, 3.8) is 0 Å². The van der Waals surface area contributed by atoms with Gasteiger partial charge in [-0.2, -0.15) is 0 Å². The second kappa shape index (κ2) is 7.72. The zero-order chi connectivity index (χ0) is 14.4. The lowest BCUT2D eigenvalue weighted by Crippen LogP contribution is -2.38. The van der Waals surface area contributed by atoms with Crippen molar-refractivity contribution in [3.05, 3.63) is 35.6 Å². The molecule has 1 aromatic rings. The Morgan fingerprint density at radius 2 is 2.15 bits per heavy atom. The molecule has 1 unspecified atom stereocenters. The third kappa shape index (κ3) is 4.54. The summed E-state index contributed by atoms with van der Waals surface area (Å²) in [6.45, 7) is 5.96. The van der Waals surface area contributed by atoms with Gasteiger partial charge in [-0.1, -0.05) is 12.1 Å². The standard InChI is InChI=1S/C16H25FN2O/c1-2-20-15-6-9-19(10-7-15)11-8-16(18)13-4-3-5-14(17)12-13/h3-5,12,15-16H,2,6-11,18H2,1H3. The molecule has 3 nitrogen and oxygen atoms in total. The van der Waals surface area contributed by atoms with E-state index in [4.69, 9.17) is 10.5 Å². The summed E-state index contributed by atoms with van der Waals surface area (Å²) in [4.78, 5) is 2.43. The van der Waals surface area contributed by atoms with Gasteiger partial charge in [-0.25, -0.2) is 4.39 Å². The van der Waals surface area contributed by atoms with Crippen LogP contribution in [0.3, 0.4) is 0 Å². The minimum Gasteiger partial charge on any atom is -0.378 e. The first-order valence-corrected chi connectivity index (χ1v) is 7.54. The van der Waals surface area contributed by atoms with Gasteiger partial charge in [0, 0.05) is 25.7 Å². The molecule has 0 aliphatic carbocycles. The van der Waals surface area contributed by atoms with Crippen LogP contribution in [0.1, 0.15) is 37.8 Å². The van der Waals surface area contributed by atoms with Gasteiger partial charge in [0.2, 0.25) is 0 Å². The van der Waals surface area contributed by atoms with E-state index in [1.165, 1.54) is 12.1 Å². The second-order valence-electron chi connectivity index (χ2n) is 5.45. The number of likely N-dealkylation sites (tertiary alicyclic amines) is 1. The van der Waals surface area contributed by atoms with Gasteiger partial charge in [-0.15, -0.1) is 0 Å². The van der Waals surface area contributed by atoms with E-state index in [1.807, 2.05) is 13.0 Å². The Balaban J connectivity index is 1.73. The number of rotatable bonds is 6.